The van der Waals surface area contributed by atoms with Crippen LogP contribution in [0.15, 0.2) is 36.4 Å². The molecule has 1 rings (SSSR count). The van der Waals surface area contributed by atoms with E-state index in [1.54, 1.807) is 0 Å². The molecule has 0 fully saturated rings. The molecule has 0 aromatic heterocycles. The van der Waals surface area contributed by atoms with Gasteiger partial charge in [-0.25, -0.2) is 0 Å². The van der Waals surface area contributed by atoms with E-state index in [1.165, 1.54) is 30.6 Å². The van der Waals surface area contributed by atoms with Crippen LogP contribution in [0.25, 0.3) is 0 Å². The summed E-state index contributed by atoms with van der Waals surface area (Å²) in [6, 6.07) is 8.97. The van der Waals surface area contributed by atoms with Crippen molar-refractivity contribution in [3.8, 4) is 0 Å². The molecule has 0 bridgehead atoms. The zero-order valence-electron chi connectivity index (χ0n) is 13.7. The molecule has 0 aliphatic rings. The van der Waals surface area contributed by atoms with Gasteiger partial charge in [0.05, 0.1) is 0 Å². The van der Waals surface area contributed by atoms with Crippen LogP contribution >= 0.6 is 0 Å². The van der Waals surface area contributed by atoms with Crippen molar-refractivity contribution in [2.45, 2.75) is 52.9 Å². The van der Waals surface area contributed by atoms with E-state index in [4.69, 9.17) is 0 Å². The van der Waals surface area contributed by atoms with Crippen LogP contribution in [0.3, 0.4) is 0 Å². The van der Waals surface area contributed by atoms with E-state index in [1.807, 2.05) is 0 Å². The molecule has 1 aromatic carbocycles. The monoisotopic (exact) mass is 273 g/mol. The maximum atomic E-state index is 2.52. The first-order chi connectivity index (χ1) is 9.67. The summed E-state index contributed by atoms with van der Waals surface area (Å²) < 4.78 is 0. The van der Waals surface area contributed by atoms with Crippen molar-refractivity contribution in [2.75, 3.05) is 19.6 Å². The van der Waals surface area contributed by atoms with Crippen molar-refractivity contribution in [1.29, 1.82) is 0 Å². The minimum atomic E-state index is 0.617. The molecule has 1 aromatic rings. The summed E-state index contributed by atoms with van der Waals surface area (Å²) in [6.45, 7) is 12.6. The summed E-state index contributed by atoms with van der Waals surface area (Å²) in [4.78, 5) is 2.52. The fourth-order valence-corrected chi connectivity index (χ4v) is 2.42. The molecular weight excluding hydrogens is 242 g/mol. The smallest absolute Gasteiger partial charge is 0.00158 e. The Morgan fingerprint density at radius 3 is 2.55 bits per heavy atom. The largest absolute Gasteiger partial charge is 0.303 e. The fraction of sp³-hybridized carbons (Fsp3) is 0.579. The summed E-state index contributed by atoms with van der Waals surface area (Å²) in [6.07, 6.45) is 8.12. The van der Waals surface area contributed by atoms with Gasteiger partial charge in [0.2, 0.25) is 0 Å². The molecule has 20 heavy (non-hydrogen) atoms. The lowest BCUT2D eigenvalue weighted by atomic mass is 10.00. The molecule has 1 heteroatoms. The highest BCUT2D eigenvalue weighted by Gasteiger charge is 1.99. The molecule has 0 saturated carbocycles. The van der Waals surface area contributed by atoms with E-state index in [2.05, 4.69) is 69.0 Å². The van der Waals surface area contributed by atoms with Crippen LogP contribution in [0.2, 0.25) is 0 Å². The van der Waals surface area contributed by atoms with Gasteiger partial charge in [-0.2, -0.15) is 0 Å². The Hall–Kier alpha value is -1.08. The second-order valence-electron chi connectivity index (χ2n) is 5.80. The number of allylic oxidation sites excluding steroid dienone is 1. The normalized spacial score (nSPS) is 11.9. The van der Waals surface area contributed by atoms with Crippen molar-refractivity contribution < 1.29 is 0 Å². The summed E-state index contributed by atoms with van der Waals surface area (Å²) in [7, 11) is 0. The van der Waals surface area contributed by atoms with Gasteiger partial charge in [0.15, 0.2) is 0 Å². The number of benzene rings is 1. The molecular formula is C19H31N. The van der Waals surface area contributed by atoms with Crippen molar-refractivity contribution in [3.05, 3.63) is 47.5 Å². The van der Waals surface area contributed by atoms with E-state index in [9.17, 15) is 0 Å². The average molecular weight is 273 g/mol. The number of nitrogens with zero attached hydrogens (tertiary/aromatic N) is 1. The Kier molecular flexibility index (Phi) is 8.29. The molecule has 0 saturated heterocycles. The highest BCUT2D eigenvalue weighted by Crippen LogP contribution is 2.16. The summed E-state index contributed by atoms with van der Waals surface area (Å²) >= 11 is 0. The van der Waals surface area contributed by atoms with Crippen LogP contribution in [0, 0.1) is 0 Å². The number of rotatable bonds is 9. The topological polar surface area (TPSA) is 3.24 Å². The Morgan fingerprint density at radius 1 is 1.10 bits per heavy atom. The first kappa shape index (κ1) is 17.0. The van der Waals surface area contributed by atoms with Crippen LogP contribution in [0.4, 0.5) is 0 Å². The average Bonchev–Trinajstić information content (AvgIpc) is 2.46. The first-order valence-electron chi connectivity index (χ1n) is 8.13. The van der Waals surface area contributed by atoms with Gasteiger partial charge in [0.25, 0.3) is 0 Å². The van der Waals surface area contributed by atoms with Gasteiger partial charge in [-0.1, -0.05) is 64.1 Å². The van der Waals surface area contributed by atoms with E-state index < -0.39 is 0 Å². The van der Waals surface area contributed by atoms with E-state index in [0.29, 0.717) is 5.92 Å². The van der Waals surface area contributed by atoms with E-state index >= 15 is 0 Å². The third-order valence-electron chi connectivity index (χ3n) is 3.74. The molecule has 0 unspecified atom stereocenters. The van der Waals surface area contributed by atoms with Crippen LogP contribution in [0.5, 0.6) is 0 Å². The first-order valence-corrected chi connectivity index (χ1v) is 8.13. The molecule has 0 aliphatic carbocycles. The Morgan fingerprint density at radius 2 is 1.90 bits per heavy atom. The predicted octanol–water partition coefficient (Wildman–Crippen LogP) is 5.03. The van der Waals surface area contributed by atoms with Gasteiger partial charge in [-0.05, 0) is 49.4 Å². The molecule has 0 amide bonds. The fourth-order valence-electron chi connectivity index (χ4n) is 2.42. The SMILES string of the molecule is CCCN(CC)CCC=CCc1cccc(C(C)C)c1. The Labute approximate surface area is 125 Å². The lowest BCUT2D eigenvalue weighted by molar-refractivity contribution is 0.294. The predicted molar refractivity (Wildman–Crippen MR) is 90.4 cm³/mol. The third-order valence-corrected chi connectivity index (χ3v) is 3.74. The quantitative estimate of drug-likeness (QED) is 0.570. The molecule has 0 aliphatic heterocycles. The van der Waals surface area contributed by atoms with E-state index in [0.717, 1.165) is 19.4 Å². The van der Waals surface area contributed by atoms with Gasteiger partial charge < -0.3 is 4.90 Å². The summed E-state index contributed by atoms with van der Waals surface area (Å²) in [5, 5.41) is 0. The van der Waals surface area contributed by atoms with Crippen LogP contribution in [-0.2, 0) is 6.42 Å². The highest BCUT2D eigenvalue weighted by molar-refractivity contribution is 5.27. The molecule has 0 atom stereocenters. The van der Waals surface area contributed by atoms with Crippen LogP contribution in [-0.4, -0.2) is 24.5 Å². The zero-order chi connectivity index (χ0) is 14.8. The lowest BCUT2D eigenvalue weighted by Gasteiger charge is -2.18. The van der Waals surface area contributed by atoms with Crippen LogP contribution < -0.4 is 0 Å². The summed E-state index contributed by atoms with van der Waals surface area (Å²) in [5.41, 5.74) is 2.87. The summed E-state index contributed by atoms with van der Waals surface area (Å²) in [5.74, 6) is 0.617. The minimum Gasteiger partial charge on any atom is -0.303 e. The maximum Gasteiger partial charge on any atom is 0.00158 e. The zero-order valence-corrected chi connectivity index (χ0v) is 13.7. The molecule has 112 valence electrons. The third kappa shape index (κ3) is 6.38. The number of hydrogen-bond acceptors (Lipinski definition) is 1. The van der Waals surface area contributed by atoms with Gasteiger partial charge in [0.1, 0.15) is 0 Å². The standard InChI is InChI=1S/C19H31N/c1-5-14-20(6-2)15-9-7-8-11-18-12-10-13-19(16-18)17(3)4/h7-8,10,12-13,16-17H,5-6,9,11,14-15H2,1-4H3. The molecule has 0 radical (unpaired) electrons. The maximum absolute atomic E-state index is 2.52. The van der Waals surface area contributed by atoms with E-state index in [-0.39, 0.29) is 0 Å². The van der Waals surface area contributed by atoms with Gasteiger partial charge >= 0.3 is 0 Å². The van der Waals surface area contributed by atoms with Gasteiger partial charge in [-0.15, -0.1) is 0 Å². The molecule has 0 spiro atoms. The van der Waals surface area contributed by atoms with Gasteiger partial charge in [-0.3, -0.25) is 0 Å². The highest BCUT2D eigenvalue weighted by atomic mass is 15.1. The lowest BCUT2D eigenvalue weighted by Crippen LogP contribution is -2.24. The molecule has 1 nitrogen and oxygen atoms in total. The van der Waals surface area contributed by atoms with Crippen molar-refractivity contribution in [3.63, 3.8) is 0 Å². The minimum absolute atomic E-state index is 0.617. The van der Waals surface area contributed by atoms with Gasteiger partial charge in [0, 0.05) is 6.54 Å². The van der Waals surface area contributed by atoms with Crippen molar-refractivity contribution in [1.82, 2.24) is 4.90 Å². The number of hydrogen-bond donors (Lipinski definition) is 0. The van der Waals surface area contributed by atoms with Crippen molar-refractivity contribution >= 4 is 0 Å². The van der Waals surface area contributed by atoms with Crippen LogP contribution in [0.1, 0.15) is 57.6 Å². The molecule has 0 N–H and O–H groups in total. The van der Waals surface area contributed by atoms with Crippen molar-refractivity contribution in [2.24, 2.45) is 0 Å². The Bertz CT molecular complexity index is 393. The Balaban J connectivity index is 2.35. The second-order valence-corrected chi connectivity index (χ2v) is 5.80. The molecule has 0 heterocycles. The second kappa shape index (κ2) is 9.77.